The highest BCUT2D eigenvalue weighted by molar-refractivity contribution is 5.38. The molecule has 1 N–H and O–H groups in total. The highest BCUT2D eigenvalue weighted by Crippen LogP contribution is 2.26. The molecule has 2 nitrogen and oxygen atoms in total. The van der Waals surface area contributed by atoms with Crippen LogP contribution in [0.4, 0.5) is 8.78 Å². The SMILES string of the molecule is CC(C)c1ccc(CO)c(OC(F)F)c1. The lowest BCUT2D eigenvalue weighted by molar-refractivity contribution is -0.0509. The normalized spacial score (nSPS) is 11.1. The van der Waals surface area contributed by atoms with E-state index in [2.05, 4.69) is 4.74 Å². The van der Waals surface area contributed by atoms with E-state index in [-0.39, 0.29) is 18.3 Å². The Hall–Kier alpha value is -1.16. The second-order valence-corrected chi connectivity index (χ2v) is 3.56. The van der Waals surface area contributed by atoms with Crippen molar-refractivity contribution in [2.24, 2.45) is 0 Å². The van der Waals surface area contributed by atoms with Crippen molar-refractivity contribution >= 4 is 0 Å². The number of rotatable bonds is 4. The summed E-state index contributed by atoms with van der Waals surface area (Å²) in [6, 6.07) is 4.95. The first-order valence-electron chi connectivity index (χ1n) is 4.73. The molecule has 84 valence electrons. The lowest BCUT2D eigenvalue weighted by Crippen LogP contribution is -2.05. The van der Waals surface area contributed by atoms with E-state index in [1.54, 1.807) is 18.2 Å². The van der Waals surface area contributed by atoms with Crippen molar-refractivity contribution < 1.29 is 18.6 Å². The second-order valence-electron chi connectivity index (χ2n) is 3.56. The Morgan fingerprint density at radius 2 is 2.00 bits per heavy atom. The molecule has 0 aliphatic carbocycles. The minimum absolute atomic E-state index is 0.0544. The van der Waals surface area contributed by atoms with Gasteiger partial charge in [0.25, 0.3) is 0 Å². The standard InChI is InChI=1S/C11H14F2O2/c1-7(2)8-3-4-9(6-14)10(5-8)15-11(12)13/h3-5,7,11,14H,6H2,1-2H3. The Bertz CT molecular complexity index is 324. The van der Waals surface area contributed by atoms with Crippen LogP contribution >= 0.6 is 0 Å². The molecular weight excluding hydrogens is 202 g/mol. The van der Waals surface area contributed by atoms with Crippen molar-refractivity contribution in [1.82, 2.24) is 0 Å². The summed E-state index contributed by atoms with van der Waals surface area (Å²) < 4.78 is 28.5. The molecule has 0 heterocycles. The molecule has 0 amide bonds. The molecule has 0 unspecified atom stereocenters. The molecule has 0 bridgehead atoms. The van der Waals surface area contributed by atoms with Crippen LogP contribution in [0.2, 0.25) is 0 Å². The zero-order chi connectivity index (χ0) is 11.4. The molecule has 0 saturated heterocycles. The molecule has 0 atom stereocenters. The van der Waals surface area contributed by atoms with Gasteiger partial charge < -0.3 is 9.84 Å². The van der Waals surface area contributed by atoms with Crippen LogP contribution in [0, 0.1) is 0 Å². The highest BCUT2D eigenvalue weighted by atomic mass is 19.3. The summed E-state index contributed by atoms with van der Waals surface area (Å²) in [5.41, 5.74) is 1.28. The van der Waals surface area contributed by atoms with Crippen LogP contribution in [0.3, 0.4) is 0 Å². The van der Waals surface area contributed by atoms with E-state index in [1.165, 1.54) is 0 Å². The van der Waals surface area contributed by atoms with Gasteiger partial charge in [0.15, 0.2) is 0 Å². The van der Waals surface area contributed by atoms with Crippen molar-refractivity contribution in [2.45, 2.75) is 33.0 Å². The zero-order valence-corrected chi connectivity index (χ0v) is 8.71. The van der Waals surface area contributed by atoms with Gasteiger partial charge in [-0.15, -0.1) is 0 Å². The van der Waals surface area contributed by atoms with Crippen molar-refractivity contribution in [3.8, 4) is 5.75 Å². The third-order valence-electron chi connectivity index (χ3n) is 2.14. The van der Waals surface area contributed by atoms with E-state index in [9.17, 15) is 8.78 Å². The molecule has 4 heteroatoms. The molecular formula is C11H14F2O2. The summed E-state index contributed by atoms with van der Waals surface area (Å²) in [5, 5.41) is 8.94. The van der Waals surface area contributed by atoms with Crippen LogP contribution in [0.25, 0.3) is 0 Å². The smallest absolute Gasteiger partial charge is 0.387 e. The molecule has 0 spiro atoms. The van der Waals surface area contributed by atoms with Gasteiger partial charge in [-0.05, 0) is 17.5 Å². The maximum atomic E-state index is 12.1. The van der Waals surface area contributed by atoms with E-state index in [1.807, 2.05) is 13.8 Å². The molecule has 15 heavy (non-hydrogen) atoms. The molecule has 1 rings (SSSR count). The Morgan fingerprint density at radius 1 is 1.33 bits per heavy atom. The number of alkyl halides is 2. The summed E-state index contributed by atoms with van der Waals surface area (Å²) in [5.74, 6) is 0.288. The van der Waals surface area contributed by atoms with Gasteiger partial charge in [-0.25, -0.2) is 0 Å². The Kier molecular flexibility index (Phi) is 4.03. The molecule has 0 aliphatic heterocycles. The van der Waals surface area contributed by atoms with Gasteiger partial charge in [0.2, 0.25) is 0 Å². The maximum absolute atomic E-state index is 12.1. The predicted octanol–water partition coefficient (Wildman–Crippen LogP) is 2.90. The number of aliphatic hydroxyl groups excluding tert-OH is 1. The van der Waals surface area contributed by atoms with Gasteiger partial charge >= 0.3 is 6.61 Å². The van der Waals surface area contributed by atoms with E-state index in [0.717, 1.165) is 5.56 Å². The number of benzene rings is 1. The molecule has 0 aliphatic rings. The molecule has 0 saturated carbocycles. The Morgan fingerprint density at radius 3 is 2.47 bits per heavy atom. The fourth-order valence-electron chi connectivity index (χ4n) is 1.27. The first-order chi connectivity index (χ1) is 7.04. The first kappa shape index (κ1) is 11.9. The summed E-state index contributed by atoms with van der Waals surface area (Å²) >= 11 is 0. The third kappa shape index (κ3) is 3.16. The fourth-order valence-corrected chi connectivity index (χ4v) is 1.27. The topological polar surface area (TPSA) is 29.5 Å². The van der Waals surface area contributed by atoms with Crippen molar-refractivity contribution in [3.63, 3.8) is 0 Å². The minimum atomic E-state index is -2.86. The predicted molar refractivity (Wildman–Crippen MR) is 53.1 cm³/mol. The van der Waals surface area contributed by atoms with Gasteiger partial charge in [-0.3, -0.25) is 0 Å². The number of hydrogen-bond acceptors (Lipinski definition) is 2. The van der Waals surface area contributed by atoms with Crippen LogP contribution in [0.1, 0.15) is 30.9 Å². The molecule has 1 aromatic carbocycles. The van der Waals surface area contributed by atoms with E-state index < -0.39 is 6.61 Å². The van der Waals surface area contributed by atoms with Crippen LogP contribution < -0.4 is 4.74 Å². The largest absolute Gasteiger partial charge is 0.434 e. The third-order valence-corrected chi connectivity index (χ3v) is 2.14. The number of ether oxygens (including phenoxy) is 1. The van der Waals surface area contributed by atoms with Crippen molar-refractivity contribution in [3.05, 3.63) is 29.3 Å². The van der Waals surface area contributed by atoms with Gasteiger partial charge in [-0.2, -0.15) is 8.78 Å². The number of hydrogen-bond donors (Lipinski definition) is 1. The van der Waals surface area contributed by atoms with Gasteiger partial charge in [0.1, 0.15) is 5.75 Å². The molecule has 0 aromatic heterocycles. The van der Waals surface area contributed by atoms with Gasteiger partial charge in [-0.1, -0.05) is 26.0 Å². The lowest BCUT2D eigenvalue weighted by atomic mass is 10.0. The summed E-state index contributed by atoms with van der Waals surface area (Å²) in [7, 11) is 0. The molecule has 0 radical (unpaired) electrons. The van der Waals surface area contributed by atoms with Gasteiger partial charge in [0.05, 0.1) is 6.61 Å². The van der Waals surface area contributed by atoms with E-state index in [4.69, 9.17) is 5.11 Å². The number of aliphatic hydroxyl groups is 1. The second kappa shape index (κ2) is 5.07. The number of halogens is 2. The lowest BCUT2D eigenvalue weighted by Gasteiger charge is -2.12. The van der Waals surface area contributed by atoms with Crippen molar-refractivity contribution in [1.29, 1.82) is 0 Å². The molecule has 1 aromatic rings. The van der Waals surface area contributed by atoms with Gasteiger partial charge in [0, 0.05) is 5.56 Å². The van der Waals surface area contributed by atoms with E-state index in [0.29, 0.717) is 5.56 Å². The average Bonchev–Trinajstić information content (AvgIpc) is 2.16. The van der Waals surface area contributed by atoms with Crippen LogP contribution in [0.15, 0.2) is 18.2 Å². The van der Waals surface area contributed by atoms with E-state index >= 15 is 0 Å². The monoisotopic (exact) mass is 216 g/mol. The Balaban J connectivity index is 3.02. The fraction of sp³-hybridized carbons (Fsp3) is 0.455. The first-order valence-corrected chi connectivity index (χ1v) is 4.73. The Labute approximate surface area is 87.5 Å². The highest BCUT2D eigenvalue weighted by Gasteiger charge is 2.11. The maximum Gasteiger partial charge on any atom is 0.387 e. The summed E-state index contributed by atoms with van der Waals surface area (Å²) in [6.45, 7) is 0.749. The van der Waals surface area contributed by atoms with Crippen LogP contribution in [0.5, 0.6) is 5.75 Å². The summed E-state index contributed by atoms with van der Waals surface area (Å²) in [4.78, 5) is 0. The minimum Gasteiger partial charge on any atom is -0.434 e. The van der Waals surface area contributed by atoms with Crippen molar-refractivity contribution in [2.75, 3.05) is 0 Å². The van der Waals surface area contributed by atoms with Crippen LogP contribution in [-0.4, -0.2) is 11.7 Å². The average molecular weight is 216 g/mol. The quantitative estimate of drug-likeness (QED) is 0.838. The summed E-state index contributed by atoms with van der Waals surface area (Å²) in [6.07, 6.45) is 0. The zero-order valence-electron chi connectivity index (χ0n) is 8.71. The van der Waals surface area contributed by atoms with Crippen LogP contribution in [-0.2, 0) is 6.61 Å². The molecule has 0 fully saturated rings.